The maximum atomic E-state index is 14.3. The van der Waals surface area contributed by atoms with Gasteiger partial charge in [0.1, 0.15) is 23.3 Å². The second-order valence-electron chi connectivity index (χ2n) is 5.57. The summed E-state index contributed by atoms with van der Waals surface area (Å²) in [7, 11) is 0. The largest absolute Gasteiger partial charge is 0.294 e. The van der Waals surface area contributed by atoms with Crippen molar-refractivity contribution in [3.05, 3.63) is 58.7 Å². The molecule has 0 heterocycles. The van der Waals surface area contributed by atoms with E-state index in [0.717, 1.165) is 24.3 Å². The molecule has 0 aliphatic heterocycles. The van der Waals surface area contributed by atoms with Gasteiger partial charge in [-0.2, -0.15) is 0 Å². The van der Waals surface area contributed by atoms with E-state index in [4.69, 9.17) is 0 Å². The summed E-state index contributed by atoms with van der Waals surface area (Å²) in [6.07, 6.45) is 0.111. The second-order valence-corrected chi connectivity index (χ2v) is 5.57. The molecule has 0 saturated heterocycles. The fourth-order valence-corrected chi connectivity index (χ4v) is 2.40. The van der Waals surface area contributed by atoms with Crippen LogP contribution in [-0.4, -0.2) is 5.78 Å². The number of halogens is 4. The van der Waals surface area contributed by atoms with E-state index < -0.39 is 40.5 Å². The van der Waals surface area contributed by atoms with Gasteiger partial charge in [0, 0.05) is 17.0 Å². The highest BCUT2D eigenvalue weighted by atomic mass is 19.1. The number of benzene rings is 2. The van der Waals surface area contributed by atoms with E-state index >= 15 is 0 Å². The van der Waals surface area contributed by atoms with Crippen LogP contribution >= 0.6 is 0 Å². The fourth-order valence-electron chi connectivity index (χ4n) is 2.40. The lowest BCUT2D eigenvalue weighted by atomic mass is 9.95. The van der Waals surface area contributed by atoms with Gasteiger partial charge >= 0.3 is 0 Å². The molecule has 0 N–H and O–H groups in total. The summed E-state index contributed by atoms with van der Waals surface area (Å²) >= 11 is 0. The number of carbonyl (C=O) groups is 1. The van der Waals surface area contributed by atoms with Gasteiger partial charge in [0.15, 0.2) is 5.78 Å². The van der Waals surface area contributed by atoms with E-state index in [1.165, 1.54) is 13.8 Å². The molecule has 1 nitrogen and oxygen atoms in total. The number of hydrogen-bond acceptors (Lipinski definition) is 1. The lowest BCUT2D eigenvalue weighted by molar-refractivity contribution is 0.0931. The lowest BCUT2D eigenvalue weighted by Gasteiger charge is -2.12. The summed E-state index contributed by atoms with van der Waals surface area (Å²) in [4.78, 5) is 11.8. The third kappa shape index (κ3) is 3.14. The van der Waals surface area contributed by atoms with Crippen LogP contribution in [0.2, 0.25) is 0 Å². The molecule has 0 aromatic heterocycles. The molecule has 0 bridgehead atoms. The third-order valence-electron chi connectivity index (χ3n) is 3.66. The maximum Gasteiger partial charge on any atom is 0.171 e. The van der Waals surface area contributed by atoms with Crippen molar-refractivity contribution in [3.63, 3.8) is 0 Å². The normalized spacial score (nSPS) is 11.1. The van der Waals surface area contributed by atoms with Crippen LogP contribution in [0.4, 0.5) is 17.6 Å². The quantitative estimate of drug-likeness (QED) is 0.550. The minimum Gasteiger partial charge on any atom is -0.294 e. The van der Waals surface area contributed by atoms with Crippen molar-refractivity contribution in [1.82, 2.24) is 0 Å². The van der Waals surface area contributed by atoms with Gasteiger partial charge in [-0.3, -0.25) is 4.79 Å². The number of ketones is 1. The van der Waals surface area contributed by atoms with Crippen molar-refractivity contribution >= 4 is 5.78 Å². The Morgan fingerprint density at radius 3 is 2.04 bits per heavy atom. The SMILES string of the molecule is CCc1c(F)ccc(-c2cc(F)c(C(=O)C(C)C)c(F)c2)c1F. The molecule has 0 fully saturated rings. The monoisotopic (exact) mass is 324 g/mol. The summed E-state index contributed by atoms with van der Waals surface area (Å²) in [5.41, 5.74) is -0.968. The zero-order chi connectivity index (χ0) is 17.3. The molecular weight excluding hydrogens is 308 g/mol. The molecule has 0 atom stereocenters. The Balaban J connectivity index is 2.62. The van der Waals surface area contributed by atoms with Gasteiger partial charge < -0.3 is 0 Å². The second kappa shape index (κ2) is 6.52. The molecule has 2 aromatic carbocycles. The topological polar surface area (TPSA) is 17.1 Å². The average molecular weight is 324 g/mol. The first-order valence-corrected chi connectivity index (χ1v) is 7.28. The zero-order valence-electron chi connectivity index (χ0n) is 13.0. The molecule has 0 saturated carbocycles. The first-order chi connectivity index (χ1) is 10.8. The van der Waals surface area contributed by atoms with Gasteiger partial charge in [-0.25, -0.2) is 17.6 Å². The highest BCUT2D eigenvalue weighted by molar-refractivity contribution is 5.98. The van der Waals surface area contributed by atoms with Crippen molar-refractivity contribution in [2.75, 3.05) is 0 Å². The van der Waals surface area contributed by atoms with E-state index in [-0.39, 0.29) is 23.1 Å². The standard InChI is InChI=1S/C18H16F4O/c1-4-11-13(19)6-5-12(17(11)22)10-7-14(20)16(15(21)8-10)18(23)9(2)3/h5-9H,4H2,1-3H3. The van der Waals surface area contributed by atoms with Gasteiger partial charge in [0.05, 0.1) is 5.56 Å². The van der Waals surface area contributed by atoms with Crippen LogP contribution < -0.4 is 0 Å². The van der Waals surface area contributed by atoms with E-state index in [1.54, 1.807) is 6.92 Å². The third-order valence-corrected chi connectivity index (χ3v) is 3.66. The molecule has 2 rings (SSSR count). The molecule has 0 radical (unpaired) electrons. The minimum absolute atomic E-state index is 0.0764. The summed E-state index contributed by atoms with van der Waals surface area (Å²) < 4.78 is 56.1. The number of carbonyl (C=O) groups excluding carboxylic acids is 1. The molecule has 122 valence electrons. The Morgan fingerprint density at radius 2 is 1.57 bits per heavy atom. The minimum atomic E-state index is -1.06. The average Bonchev–Trinajstić information content (AvgIpc) is 2.46. The Hall–Kier alpha value is -2.17. The molecule has 0 aliphatic carbocycles. The van der Waals surface area contributed by atoms with Crippen LogP contribution in [-0.2, 0) is 6.42 Å². The highest BCUT2D eigenvalue weighted by Gasteiger charge is 2.22. The van der Waals surface area contributed by atoms with E-state index in [2.05, 4.69) is 0 Å². The van der Waals surface area contributed by atoms with Crippen LogP contribution in [0.1, 0.15) is 36.7 Å². The summed E-state index contributed by atoms with van der Waals surface area (Å²) in [6.45, 7) is 4.64. The van der Waals surface area contributed by atoms with Crippen LogP contribution in [0.3, 0.4) is 0 Å². The predicted octanol–water partition coefficient (Wildman–Crippen LogP) is 5.31. The van der Waals surface area contributed by atoms with Gasteiger partial charge in [0.2, 0.25) is 0 Å². The van der Waals surface area contributed by atoms with Gasteiger partial charge in [-0.15, -0.1) is 0 Å². The zero-order valence-corrected chi connectivity index (χ0v) is 13.0. The Kier molecular flexibility index (Phi) is 4.88. The van der Waals surface area contributed by atoms with Gasteiger partial charge in [-0.05, 0) is 36.2 Å². The van der Waals surface area contributed by atoms with E-state index in [9.17, 15) is 22.4 Å². The Labute approximate surface area is 132 Å². The molecule has 2 aromatic rings. The van der Waals surface area contributed by atoms with Crippen LogP contribution in [0, 0.1) is 29.2 Å². The predicted molar refractivity (Wildman–Crippen MR) is 80.3 cm³/mol. The molecule has 23 heavy (non-hydrogen) atoms. The highest BCUT2D eigenvalue weighted by Crippen LogP contribution is 2.30. The molecule has 0 unspecified atom stereocenters. The molecule has 0 aliphatic rings. The fraction of sp³-hybridized carbons (Fsp3) is 0.278. The van der Waals surface area contributed by atoms with Crippen LogP contribution in [0.25, 0.3) is 11.1 Å². The number of Topliss-reactive ketones (excluding diaryl/α,β-unsaturated/α-hetero) is 1. The lowest BCUT2D eigenvalue weighted by Crippen LogP contribution is -2.12. The van der Waals surface area contributed by atoms with Crippen molar-refractivity contribution < 1.29 is 22.4 Å². The number of hydrogen-bond donors (Lipinski definition) is 0. The number of rotatable bonds is 4. The van der Waals surface area contributed by atoms with Gasteiger partial charge in [0.25, 0.3) is 0 Å². The summed E-state index contributed by atoms with van der Waals surface area (Å²) in [5, 5.41) is 0. The van der Waals surface area contributed by atoms with Crippen molar-refractivity contribution in [1.29, 1.82) is 0 Å². The first-order valence-electron chi connectivity index (χ1n) is 7.28. The smallest absolute Gasteiger partial charge is 0.171 e. The van der Waals surface area contributed by atoms with E-state index in [0.29, 0.717) is 0 Å². The molecule has 5 heteroatoms. The Bertz CT molecular complexity index is 743. The van der Waals surface area contributed by atoms with Gasteiger partial charge in [-0.1, -0.05) is 20.8 Å². The molecular formula is C18H16F4O. The van der Waals surface area contributed by atoms with Crippen LogP contribution in [0.15, 0.2) is 24.3 Å². The molecule has 0 spiro atoms. The maximum absolute atomic E-state index is 14.3. The molecule has 0 amide bonds. The summed E-state index contributed by atoms with van der Waals surface area (Å²) in [6, 6.07) is 3.98. The first kappa shape index (κ1) is 17.2. The Morgan fingerprint density at radius 1 is 1.00 bits per heavy atom. The van der Waals surface area contributed by atoms with E-state index in [1.807, 2.05) is 0 Å². The summed E-state index contributed by atoms with van der Waals surface area (Å²) in [5.74, 6) is -4.91. The van der Waals surface area contributed by atoms with Crippen molar-refractivity contribution in [2.45, 2.75) is 27.2 Å². The van der Waals surface area contributed by atoms with Crippen LogP contribution in [0.5, 0.6) is 0 Å². The van der Waals surface area contributed by atoms with Crippen molar-refractivity contribution in [3.8, 4) is 11.1 Å². The van der Waals surface area contributed by atoms with Crippen molar-refractivity contribution in [2.24, 2.45) is 5.92 Å².